The molecule has 0 aromatic rings. The summed E-state index contributed by atoms with van der Waals surface area (Å²) >= 11 is 0. The van der Waals surface area contributed by atoms with Gasteiger partial charge in [0, 0.05) is 19.0 Å². The molecule has 1 aliphatic rings. The van der Waals surface area contributed by atoms with Gasteiger partial charge in [0.25, 0.3) is 0 Å². The predicted molar refractivity (Wildman–Crippen MR) is 71.9 cm³/mol. The molecule has 2 N–H and O–H groups in total. The molecule has 1 rings (SSSR count). The van der Waals surface area contributed by atoms with Crippen LogP contribution in [0.2, 0.25) is 0 Å². The van der Waals surface area contributed by atoms with Gasteiger partial charge in [-0.25, -0.2) is 0 Å². The fraction of sp³-hybridized carbons (Fsp3) is 0.929. The van der Waals surface area contributed by atoms with Crippen molar-refractivity contribution in [2.45, 2.75) is 52.4 Å². The van der Waals surface area contributed by atoms with Gasteiger partial charge in [-0.15, -0.1) is 0 Å². The molecular weight excluding hydrogens is 212 g/mol. The summed E-state index contributed by atoms with van der Waals surface area (Å²) in [7, 11) is 0. The first kappa shape index (κ1) is 14.5. The Bertz CT molecular complexity index is 212. The minimum absolute atomic E-state index is 0.180. The van der Waals surface area contributed by atoms with E-state index in [0.29, 0.717) is 0 Å². The van der Waals surface area contributed by atoms with Crippen LogP contribution in [0.3, 0.4) is 0 Å². The topological polar surface area (TPSA) is 41.1 Å². The highest BCUT2D eigenvalue weighted by Crippen LogP contribution is 2.28. The molecule has 1 atom stereocenters. The molecule has 0 radical (unpaired) electrons. The number of carbonyl (C=O) groups excluding carboxylic acids is 1. The average molecular weight is 240 g/mol. The minimum atomic E-state index is 0.180. The van der Waals surface area contributed by atoms with Crippen LogP contribution in [0, 0.1) is 11.8 Å². The van der Waals surface area contributed by atoms with E-state index in [0.717, 1.165) is 32.0 Å². The number of hydrogen-bond donors (Lipinski definition) is 2. The Balaban J connectivity index is 2.12. The van der Waals surface area contributed by atoms with Crippen LogP contribution in [0.5, 0.6) is 0 Å². The van der Waals surface area contributed by atoms with E-state index >= 15 is 0 Å². The van der Waals surface area contributed by atoms with E-state index in [9.17, 15) is 4.79 Å². The minimum Gasteiger partial charge on any atom is -0.355 e. The summed E-state index contributed by atoms with van der Waals surface area (Å²) in [6.45, 7) is 6.73. The van der Waals surface area contributed by atoms with E-state index in [1.165, 1.54) is 32.1 Å². The van der Waals surface area contributed by atoms with Crippen LogP contribution < -0.4 is 10.6 Å². The molecule has 1 fully saturated rings. The van der Waals surface area contributed by atoms with Crippen molar-refractivity contribution in [1.82, 2.24) is 10.6 Å². The lowest BCUT2D eigenvalue weighted by molar-refractivity contribution is -0.125. The Morgan fingerprint density at radius 1 is 1.24 bits per heavy atom. The van der Waals surface area contributed by atoms with E-state index in [1.807, 2.05) is 0 Å². The van der Waals surface area contributed by atoms with Crippen LogP contribution in [-0.2, 0) is 4.79 Å². The van der Waals surface area contributed by atoms with Gasteiger partial charge < -0.3 is 10.6 Å². The number of carbonyl (C=O) groups is 1. The quantitative estimate of drug-likeness (QED) is 0.671. The first-order chi connectivity index (χ1) is 8.24. The summed E-state index contributed by atoms with van der Waals surface area (Å²) in [4.78, 5) is 11.8. The third-order valence-electron chi connectivity index (χ3n) is 3.71. The Labute approximate surface area is 106 Å². The van der Waals surface area contributed by atoms with Gasteiger partial charge in [0.2, 0.25) is 5.91 Å². The van der Waals surface area contributed by atoms with Crippen molar-refractivity contribution in [3.8, 4) is 0 Å². The summed E-state index contributed by atoms with van der Waals surface area (Å²) in [5.41, 5.74) is 0. The molecule has 1 unspecified atom stereocenters. The molecule has 3 nitrogen and oxygen atoms in total. The molecule has 1 saturated carbocycles. The number of rotatable bonds is 7. The van der Waals surface area contributed by atoms with E-state index in [4.69, 9.17) is 0 Å². The molecule has 0 saturated heterocycles. The highest BCUT2D eigenvalue weighted by molar-refractivity contribution is 5.78. The van der Waals surface area contributed by atoms with Gasteiger partial charge in [-0.1, -0.05) is 46.0 Å². The maximum Gasteiger partial charge on any atom is 0.222 e. The maximum absolute atomic E-state index is 11.8. The van der Waals surface area contributed by atoms with Gasteiger partial charge >= 0.3 is 0 Å². The zero-order chi connectivity index (χ0) is 12.5. The third kappa shape index (κ3) is 6.06. The van der Waals surface area contributed by atoms with Crippen molar-refractivity contribution < 1.29 is 4.79 Å². The second-order valence-electron chi connectivity index (χ2n) is 5.29. The van der Waals surface area contributed by atoms with Crippen LogP contribution in [-0.4, -0.2) is 25.5 Å². The van der Waals surface area contributed by atoms with Crippen LogP contribution in [0.1, 0.15) is 52.4 Å². The van der Waals surface area contributed by atoms with Crippen LogP contribution in [0.15, 0.2) is 0 Å². The molecule has 0 heterocycles. The molecular formula is C14H28N2O. The summed E-state index contributed by atoms with van der Waals surface area (Å²) < 4.78 is 0. The molecule has 0 aromatic heterocycles. The molecule has 1 amide bonds. The number of likely N-dealkylation sites (N-methyl/N-ethyl adjacent to an activating group) is 1. The van der Waals surface area contributed by atoms with Gasteiger partial charge in [0.05, 0.1) is 0 Å². The number of hydrogen-bond acceptors (Lipinski definition) is 2. The van der Waals surface area contributed by atoms with Crippen LogP contribution in [0.25, 0.3) is 0 Å². The lowest BCUT2D eigenvalue weighted by Gasteiger charge is -2.24. The Hall–Kier alpha value is -0.570. The lowest BCUT2D eigenvalue weighted by Crippen LogP contribution is -2.35. The SMILES string of the molecule is CCNCCNC(=O)C(C)CC1CCCCC1. The predicted octanol–water partition coefficient (Wildman–Crippen LogP) is 2.32. The monoisotopic (exact) mass is 240 g/mol. The summed E-state index contributed by atoms with van der Waals surface area (Å²) in [6.07, 6.45) is 7.84. The van der Waals surface area contributed by atoms with Gasteiger partial charge in [-0.2, -0.15) is 0 Å². The Morgan fingerprint density at radius 3 is 2.59 bits per heavy atom. The Morgan fingerprint density at radius 2 is 1.94 bits per heavy atom. The molecule has 0 bridgehead atoms. The highest BCUT2D eigenvalue weighted by atomic mass is 16.1. The molecule has 17 heavy (non-hydrogen) atoms. The van der Waals surface area contributed by atoms with Crippen molar-refractivity contribution in [3.05, 3.63) is 0 Å². The zero-order valence-corrected chi connectivity index (χ0v) is 11.4. The molecule has 0 aliphatic heterocycles. The fourth-order valence-electron chi connectivity index (χ4n) is 2.65. The summed E-state index contributed by atoms with van der Waals surface area (Å²) in [5, 5.41) is 6.21. The second kappa shape index (κ2) is 8.51. The highest BCUT2D eigenvalue weighted by Gasteiger charge is 2.20. The molecule has 0 spiro atoms. The standard InChI is InChI=1S/C14H28N2O/c1-3-15-9-10-16-14(17)12(2)11-13-7-5-4-6-8-13/h12-13,15H,3-11H2,1-2H3,(H,16,17). The zero-order valence-electron chi connectivity index (χ0n) is 11.4. The molecule has 0 aromatic carbocycles. The van der Waals surface area contributed by atoms with Gasteiger partial charge in [0.15, 0.2) is 0 Å². The van der Waals surface area contributed by atoms with Crippen LogP contribution >= 0.6 is 0 Å². The first-order valence-corrected chi connectivity index (χ1v) is 7.22. The van der Waals surface area contributed by atoms with E-state index in [1.54, 1.807) is 0 Å². The smallest absolute Gasteiger partial charge is 0.222 e. The summed E-state index contributed by atoms with van der Waals surface area (Å²) in [6, 6.07) is 0. The van der Waals surface area contributed by atoms with Crippen LogP contribution in [0.4, 0.5) is 0 Å². The van der Waals surface area contributed by atoms with Crippen molar-refractivity contribution in [2.24, 2.45) is 11.8 Å². The van der Waals surface area contributed by atoms with Crippen molar-refractivity contribution in [1.29, 1.82) is 0 Å². The molecule has 3 heteroatoms. The second-order valence-corrected chi connectivity index (χ2v) is 5.29. The lowest BCUT2D eigenvalue weighted by atomic mass is 9.83. The number of amides is 1. The summed E-state index contributed by atoms with van der Waals surface area (Å²) in [5.74, 6) is 1.20. The maximum atomic E-state index is 11.8. The first-order valence-electron chi connectivity index (χ1n) is 7.22. The Kier molecular flexibility index (Phi) is 7.25. The van der Waals surface area contributed by atoms with Crippen molar-refractivity contribution >= 4 is 5.91 Å². The van der Waals surface area contributed by atoms with E-state index in [2.05, 4.69) is 24.5 Å². The van der Waals surface area contributed by atoms with Gasteiger partial charge in [-0.3, -0.25) is 4.79 Å². The van der Waals surface area contributed by atoms with E-state index < -0.39 is 0 Å². The van der Waals surface area contributed by atoms with E-state index in [-0.39, 0.29) is 11.8 Å². The van der Waals surface area contributed by atoms with Crippen molar-refractivity contribution in [2.75, 3.05) is 19.6 Å². The number of nitrogens with one attached hydrogen (secondary N) is 2. The van der Waals surface area contributed by atoms with Gasteiger partial charge in [-0.05, 0) is 18.9 Å². The third-order valence-corrected chi connectivity index (χ3v) is 3.71. The van der Waals surface area contributed by atoms with Crippen molar-refractivity contribution in [3.63, 3.8) is 0 Å². The largest absolute Gasteiger partial charge is 0.355 e. The molecule has 100 valence electrons. The van der Waals surface area contributed by atoms with Gasteiger partial charge in [0.1, 0.15) is 0 Å². The molecule has 1 aliphatic carbocycles. The normalized spacial score (nSPS) is 18.9. The average Bonchev–Trinajstić information content (AvgIpc) is 2.35. The fourth-order valence-corrected chi connectivity index (χ4v) is 2.65.